The second-order valence-corrected chi connectivity index (χ2v) is 6.87. The van der Waals surface area contributed by atoms with Crippen LogP contribution in [-0.4, -0.2) is 57.0 Å². The van der Waals surface area contributed by atoms with Crippen LogP contribution in [0.25, 0.3) is 0 Å². The Labute approximate surface area is 169 Å². The molecule has 0 bridgehead atoms. The van der Waals surface area contributed by atoms with Gasteiger partial charge in [-0.05, 0) is 25.3 Å². The molecule has 1 aromatic rings. The van der Waals surface area contributed by atoms with E-state index in [1.54, 1.807) is 41.2 Å². The first-order valence-electron chi connectivity index (χ1n) is 9.19. The lowest BCUT2D eigenvalue weighted by Gasteiger charge is -2.27. The van der Waals surface area contributed by atoms with E-state index in [2.05, 4.69) is 29.3 Å². The summed E-state index contributed by atoms with van der Waals surface area (Å²) in [4.78, 5) is 19.6. The lowest BCUT2D eigenvalue weighted by atomic mass is 10.1. The molecule has 9 heteroatoms. The molecule has 9 nitrogen and oxygen atoms in total. The van der Waals surface area contributed by atoms with Gasteiger partial charge < -0.3 is 24.6 Å². The molecule has 29 heavy (non-hydrogen) atoms. The van der Waals surface area contributed by atoms with Gasteiger partial charge in [-0.2, -0.15) is 10.5 Å². The van der Waals surface area contributed by atoms with E-state index in [4.69, 9.17) is 14.7 Å². The lowest BCUT2D eigenvalue weighted by molar-refractivity contribution is -0.123. The zero-order valence-electron chi connectivity index (χ0n) is 16.2. The minimum atomic E-state index is -0.260. The standard InChI is InChI=1S/C20H22N6O3/c1-23-19(24-20(27)15-5-6-26(9-15)13-22)10-25(2)16-4-3-14(8-21)18(7-16)29-17-11-28-12-17/h3-4,7,10,15,17H,1,5-6,9,11-12H2,2H3,(H,24,27)/b19-10+/t15-/m0/s1. The molecule has 0 aliphatic carbocycles. The van der Waals surface area contributed by atoms with Crippen LogP contribution in [0.1, 0.15) is 12.0 Å². The second-order valence-electron chi connectivity index (χ2n) is 6.87. The maximum absolute atomic E-state index is 12.4. The molecule has 0 unspecified atom stereocenters. The quantitative estimate of drug-likeness (QED) is 0.546. The maximum atomic E-state index is 12.4. The van der Waals surface area contributed by atoms with Crippen molar-refractivity contribution in [3.8, 4) is 18.0 Å². The SMILES string of the molecule is C=N/C(=C\N(C)c1ccc(C#N)c(OC2COC2)c1)NC(=O)[C@H]1CCN(C#N)C1. The Hall–Kier alpha value is -3.56. The number of aliphatic imine (C=N–C) groups is 1. The van der Waals surface area contributed by atoms with E-state index >= 15 is 0 Å². The summed E-state index contributed by atoms with van der Waals surface area (Å²) in [6, 6.07) is 7.35. The number of nitrogens with zero attached hydrogens (tertiary/aromatic N) is 5. The van der Waals surface area contributed by atoms with Crippen molar-refractivity contribution in [2.75, 3.05) is 38.3 Å². The summed E-state index contributed by atoms with van der Waals surface area (Å²) in [6.45, 7) is 5.51. The summed E-state index contributed by atoms with van der Waals surface area (Å²) in [5.41, 5.74) is 1.20. The van der Waals surface area contributed by atoms with E-state index in [0.29, 0.717) is 49.9 Å². The first-order chi connectivity index (χ1) is 14.0. The molecule has 0 spiro atoms. The number of anilines is 1. The number of carbonyl (C=O) groups is 1. The number of carbonyl (C=O) groups excluding carboxylic acids is 1. The molecule has 1 atom stereocenters. The normalized spacial score (nSPS) is 18.9. The average Bonchev–Trinajstić information content (AvgIpc) is 3.19. The van der Waals surface area contributed by atoms with Crippen molar-refractivity contribution in [1.29, 1.82) is 10.5 Å². The summed E-state index contributed by atoms with van der Waals surface area (Å²) in [6.07, 6.45) is 4.27. The van der Waals surface area contributed by atoms with Gasteiger partial charge >= 0.3 is 0 Å². The van der Waals surface area contributed by atoms with Crippen molar-refractivity contribution < 1.29 is 14.3 Å². The third-order valence-corrected chi connectivity index (χ3v) is 4.83. The zero-order valence-corrected chi connectivity index (χ0v) is 16.2. The molecule has 1 N–H and O–H groups in total. The van der Waals surface area contributed by atoms with E-state index < -0.39 is 0 Å². The van der Waals surface area contributed by atoms with Crippen molar-refractivity contribution >= 4 is 18.3 Å². The Morgan fingerprint density at radius 2 is 2.28 bits per heavy atom. The molecule has 0 saturated carbocycles. The molecule has 2 aliphatic heterocycles. The number of hydrogen-bond acceptors (Lipinski definition) is 8. The molecular formula is C20H22N6O3. The molecule has 2 heterocycles. The summed E-state index contributed by atoms with van der Waals surface area (Å²) in [5.74, 6) is 0.332. The molecule has 1 amide bonds. The van der Waals surface area contributed by atoms with Gasteiger partial charge in [0.2, 0.25) is 5.91 Å². The summed E-state index contributed by atoms with van der Waals surface area (Å²) < 4.78 is 10.9. The Kier molecular flexibility index (Phi) is 6.32. The van der Waals surface area contributed by atoms with Gasteiger partial charge in [0, 0.05) is 38.1 Å². The number of nitriles is 2. The molecular weight excluding hydrogens is 372 g/mol. The highest BCUT2D eigenvalue weighted by Crippen LogP contribution is 2.27. The van der Waals surface area contributed by atoms with Crippen LogP contribution >= 0.6 is 0 Å². The van der Waals surface area contributed by atoms with Crippen LogP contribution in [0.3, 0.4) is 0 Å². The first-order valence-corrected chi connectivity index (χ1v) is 9.19. The van der Waals surface area contributed by atoms with E-state index in [1.807, 2.05) is 0 Å². The Balaban J connectivity index is 1.70. The molecule has 1 aromatic carbocycles. The summed E-state index contributed by atoms with van der Waals surface area (Å²) in [7, 11) is 1.79. The van der Waals surface area contributed by atoms with Crippen LogP contribution in [0.2, 0.25) is 0 Å². The topological polar surface area (TPSA) is 114 Å². The smallest absolute Gasteiger partial charge is 0.230 e. The Morgan fingerprint density at radius 1 is 1.48 bits per heavy atom. The average molecular weight is 394 g/mol. The number of benzene rings is 1. The van der Waals surface area contributed by atoms with Crippen molar-refractivity contribution in [2.45, 2.75) is 12.5 Å². The van der Waals surface area contributed by atoms with Crippen LogP contribution in [0.5, 0.6) is 5.75 Å². The zero-order chi connectivity index (χ0) is 20.8. The van der Waals surface area contributed by atoms with Crippen molar-refractivity contribution in [3.05, 3.63) is 35.8 Å². The van der Waals surface area contributed by atoms with Gasteiger partial charge in [0.15, 0.2) is 6.19 Å². The minimum absolute atomic E-state index is 0.0534. The van der Waals surface area contributed by atoms with E-state index in [-0.39, 0.29) is 17.9 Å². The highest BCUT2D eigenvalue weighted by atomic mass is 16.6. The molecule has 150 valence electrons. The van der Waals surface area contributed by atoms with Gasteiger partial charge in [0.05, 0.1) is 24.7 Å². The number of amides is 1. The number of ether oxygens (including phenoxy) is 2. The summed E-state index contributed by atoms with van der Waals surface area (Å²) in [5, 5.41) is 21.0. The van der Waals surface area contributed by atoms with E-state index in [0.717, 1.165) is 5.69 Å². The molecule has 3 rings (SSSR count). The third kappa shape index (κ3) is 4.84. The fourth-order valence-electron chi connectivity index (χ4n) is 3.05. The molecule has 2 saturated heterocycles. The third-order valence-electron chi connectivity index (χ3n) is 4.83. The second kappa shape index (κ2) is 9.09. The number of nitrogens with one attached hydrogen (secondary N) is 1. The van der Waals surface area contributed by atoms with Gasteiger partial charge in [-0.1, -0.05) is 0 Å². The number of rotatable bonds is 7. The van der Waals surface area contributed by atoms with Crippen molar-refractivity contribution in [3.63, 3.8) is 0 Å². The molecule has 2 aliphatic rings. The monoisotopic (exact) mass is 394 g/mol. The Bertz CT molecular complexity index is 896. The van der Waals surface area contributed by atoms with Gasteiger partial charge in [-0.25, -0.2) is 4.99 Å². The predicted molar refractivity (Wildman–Crippen MR) is 106 cm³/mol. The fourth-order valence-corrected chi connectivity index (χ4v) is 3.05. The minimum Gasteiger partial charge on any atom is -0.484 e. The molecule has 0 radical (unpaired) electrons. The highest BCUT2D eigenvalue weighted by molar-refractivity contribution is 5.81. The van der Waals surface area contributed by atoms with Crippen molar-refractivity contribution in [1.82, 2.24) is 10.2 Å². The number of likely N-dealkylation sites (tertiary alicyclic amines) is 1. The van der Waals surface area contributed by atoms with Crippen LogP contribution in [0.4, 0.5) is 5.69 Å². The number of hydrogen-bond donors (Lipinski definition) is 1. The van der Waals surface area contributed by atoms with Gasteiger partial charge in [0.1, 0.15) is 23.7 Å². The van der Waals surface area contributed by atoms with Crippen LogP contribution in [0.15, 0.2) is 35.2 Å². The summed E-state index contributed by atoms with van der Waals surface area (Å²) >= 11 is 0. The van der Waals surface area contributed by atoms with Gasteiger partial charge in [0.25, 0.3) is 0 Å². The molecule has 2 fully saturated rings. The van der Waals surface area contributed by atoms with Crippen LogP contribution in [-0.2, 0) is 9.53 Å². The maximum Gasteiger partial charge on any atom is 0.230 e. The molecule has 0 aromatic heterocycles. The van der Waals surface area contributed by atoms with Gasteiger partial charge in [-0.15, -0.1) is 0 Å². The van der Waals surface area contributed by atoms with E-state index in [1.165, 1.54) is 0 Å². The highest BCUT2D eigenvalue weighted by Gasteiger charge is 2.28. The fraction of sp³-hybridized carbons (Fsp3) is 0.400. The van der Waals surface area contributed by atoms with Gasteiger partial charge in [-0.3, -0.25) is 4.79 Å². The lowest BCUT2D eigenvalue weighted by Crippen LogP contribution is -2.38. The first kappa shape index (κ1) is 20.2. The largest absolute Gasteiger partial charge is 0.484 e. The predicted octanol–water partition coefficient (Wildman–Crippen LogP) is 1.19. The van der Waals surface area contributed by atoms with Crippen LogP contribution in [0, 0.1) is 28.7 Å². The van der Waals surface area contributed by atoms with E-state index in [9.17, 15) is 10.1 Å². The van der Waals surface area contributed by atoms with Crippen molar-refractivity contribution in [2.24, 2.45) is 10.9 Å². The van der Waals surface area contributed by atoms with Crippen LogP contribution < -0.4 is 15.0 Å². The Morgan fingerprint density at radius 3 is 2.86 bits per heavy atom.